The van der Waals surface area contributed by atoms with Crippen molar-refractivity contribution in [3.05, 3.63) is 53.7 Å². The molecule has 2 aromatic rings. The first kappa shape index (κ1) is 12.8. The van der Waals surface area contributed by atoms with Crippen molar-refractivity contribution >= 4 is 11.9 Å². The average Bonchev–Trinajstić information content (AvgIpc) is 2.83. The fraction of sp³-hybridized carbons (Fsp3) is 0.154. The summed E-state index contributed by atoms with van der Waals surface area (Å²) in [4.78, 5) is 26.8. The van der Waals surface area contributed by atoms with Gasteiger partial charge in [0.15, 0.2) is 6.04 Å². The van der Waals surface area contributed by atoms with Gasteiger partial charge in [0, 0.05) is 0 Å². The Morgan fingerprint density at radius 2 is 2.00 bits per heavy atom. The van der Waals surface area contributed by atoms with Crippen LogP contribution in [0.25, 0.3) is 0 Å². The molecule has 0 aliphatic heterocycles. The lowest BCUT2D eigenvalue weighted by Crippen LogP contribution is -2.33. The summed E-state index contributed by atoms with van der Waals surface area (Å²) < 4.78 is 5.05. The molecule has 0 aliphatic rings. The van der Waals surface area contributed by atoms with Gasteiger partial charge in [0.25, 0.3) is 5.89 Å². The van der Waals surface area contributed by atoms with Crippen LogP contribution in [0.4, 0.5) is 0 Å². The number of nitrogens with zero attached hydrogens (tertiary/aromatic N) is 1. The molecule has 0 radical (unpaired) electrons. The van der Waals surface area contributed by atoms with Crippen molar-refractivity contribution in [2.24, 2.45) is 0 Å². The van der Waals surface area contributed by atoms with Crippen molar-refractivity contribution in [3.63, 3.8) is 0 Å². The Balaban J connectivity index is 2.18. The number of carboxylic acid groups (broad SMARTS) is 1. The second kappa shape index (κ2) is 5.34. The first-order chi connectivity index (χ1) is 9.08. The van der Waals surface area contributed by atoms with Crippen LogP contribution in [0.1, 0.15) is 28.1 Å². The summed E-state index contributed by atoms with van der Waals surface area (Å²) >= 11 is 0. The van der Waals surface area contributed by atoms with Crippen LogP contribution in [0.2, 0.25) is 0 Å². The third kappa shape index (κ3) is 2.98. The number of nitrogens with one attached hydrogen (secondary N) is 1. The summed E-state index contributed by atoms with van der Waals surface area (Å²) in [5.74, 6) is -1.48. The Bertz CT molecular complexity index is 592. The zero-order valence-electron chi connectivity index (χ0n) is 10.2. The number of carbonyl (C=O) groups excluding carboxylic acids is 1. The van der Waals surface area contributed by atoms with E-state index in [2.05, 4.69) is 10.3 Å². The lowest BCUT2D eigenvalue weighted by atomic mass is 10.1. The summed E-state index contributed by atoms with van der Waals surface area (Å²) in [6, 6.07) is 7.28. The number of hydrogen-bond donors (Lipinski definition) is 2. The number of benzene rings is 1. The summed E-state index contributed by atoms with van der Waals surface area (Å²) in [6.45, 7) is 1.65. The number of carboxylic acids is 1. The minimum atomic E-state index is -1.15. The molecule has 19 heavy (non-hydrogen) atoms. The fourth-order valence-electron chi connectivity index (χ4n) is 1.59. The smallest absolute Gasteiger partial charge is 0.330 e. The Kier molecular flexibility index (Phi) is 3.61. The van der Waals surface area contributed by atoms with Crippen LogP contribution in [0.5, 0.6) is 0 Å². The zero-order chi connectivity index (χ0) is 13.8. The highest BCUT2D eigenvalue weighted by Crippen LogP contribution is 2.13. The quantitative estimate of drug-likeness (QED) is 0.869. The van der Waals surface area contributed by atoms with Crippen LogP contribution in [0.15, 0.2) is 40.9 Å². The average molecular weight is 260 g/mol. The van der Waals surface area contributed by atoms with E-state index in [1.807, 2.05) is 0 Å². The molecular weight excluding hydrogens is 248 g/mol. The molecule has 0 saturated heterocycles. The van der Waals surface area contributed by atoms with E-state index in [4.69, 9.17) is 9.52 Å². The molecule has 0 spiro atoms. The van der Waals surface area contributed by atoms with E-state index in [1.54, 1.807) is 37.3 Å². The molecule has 6 nitrogen and oxygen atoms in total. The van der Waals surface area contributed by atoms with Crippen molar-refractivity contribution in [3.8, 4) is 0 Å². The predicted octanol–water partition coefficient (Wildman–Crippen LogP) is 1.54. The topological polar surface area (TPSA) is 92.4 Å². The number of aliphatic carboxylic acids is 1. The molecule has 1 heterocycles. The van der Waals surface area contributed by atoms with Gasteiger partial charge in [0.1, 0.15) is 5.76 Å². The maximum atomic E-state index is 11.8. The summed E-state index contributed by atoms with van der Waals surface area (Å²) in [5.41, 5.74) is 0.478. The lowest BCUT2D eigenvalue weighted by molar-refractivity contribution is -0.139. The molecule has 0 fully saturated rings. The largest absolute Gasteiger partial charge is 0.479 e. The van der Waals surface area contributed by atoms with Gasteiger partial charge in [-0.1, -0.05) is 30.3 Å². The van der Waals surface area contributed by atoms with Crippen LogP contribution >= 0.6 is 0 Å². The molecule has 1 amide bonds. The first-order valence-electron chi connectivity index (χ1n) is 5.59. The maximum Gasteiger partial charge on any atom is 0.330 e. The van der Waals surface area contributed by atoms with Gasteiger partial charge in [0.2, 0.25) is 0 Å². The van der Waals surface area contributed by atoms with Gasteiger partial charge < -0.3 is 14.8 Å². The Morgan fingerprint density at radius 1 is 1.32 bits per heavy atom. The highest BCUT2D eigenvalue weighted by atomic mass is 16.4. The van der Waals surface area contributed by atoms with Crippen molar-refractivity contribution in [1.82, 2.24) is 10.3 Å². The van der Waals surface area contributed by atoms with Gasteiger partial charge in [0.05, 0.1) is 6.20 Å². The molecule has 0 aliphatic carbocycles. The van der Waals surface area contributed by atoms with Crippen LogP contribution in [0, 0.1) is 6.92 Å². The van der Waals surface area contributed by atoms with E-state index < -0.39 is 17.9 Å². The standard InChI is InChI=1S/C13H12N2O4/c1-8-7-14-12(19-8)11(16)15-10(13(17)18)9-5-3-2-4-6-9/h2-7,10H,1H3,(H,15,16)(H,17,18). The minimum absolute atomic E-state index is 0.153. The molecular formula is C13H12N2O4. The van der Waals surface area contributed by atoms with Gasteiger partial charge in [-0.3, -0.25) is 4.79 Å². The van der Waals surface area contributed by atoms with E-state index in [0.717, 1.165) is 0 Å². The van der Waals surface area contributed by atoms with Gasteiger partial charge in [-0.15, -0.1) is 0 Å². The number of carbonyl (C=O) groups is 2. The summed E-state index contributed by atoms with van der Waals surface area (Å²) in [7, 11) is 0. The van der Waals surface area contributed by atoms with Crippen LogP contribution in [-0.2, 0) is 4.79 Å². The second-order valence-corrected chi connectivity index (χ2v) is 3.93. The van der Waals surface area contributed by atoms with E-state index in [9.17, 15) is 9.59 Å². The third-order valence-electron chi connectivity index (χ3n) is 2.47. The van der Waals surface area contributed by atoms with Crippen LogP contribution < -0.4 is 5.32 Å². The third-order valence-corrected chi connectivity index (χ3v) is 2.47. The molecule has 2 N–H and O–H groups in total. The molecule has 0 saturated carbocycles. The van der Waals surface area contributed by atoms with E-state index in [0.29, 0.717) is 11.3 Å². The molecule has 1 aromatic heterocycles. The molecule has 0 bridgehead atoms. The lowest BCUT2D eigenvalue weighted by Gasteiger charge is -2.13. The van der Waals surface area contributed by atoms with Crippen LogP contribution in [-0.4, -0.2) is 22.0 Å². The van der Waals surface area contributed by atoms with E-state index in [1.165, 1.54) is 6.20 Å². The number of hydrogen-bond acceptors (Lipinski definition) is 4. The minimum Gasteiger partial charge on any atom is -0.479 e. The summed E-state index contributed by atoms with van der Waals surface area (Å²) in [5, 5.41) is 11.5. The molecule has 2 rings (SSSR count). The first-order valence-corrected chi connectivity index (χ1v) is 5.59. The molecule has 1 unspecified atom stereocenters. The second-order valence-electron chi connectivity index (χ2n) is 3.93. The number of rotatable bonds is 4. The van der Waals surface area contributed by atoms with Gasteiger partial charge in [-0.2, -0.15) is 0 Å². The highest BCUT2D eigenvalue weighted by molar-refractivity contribution is 5.93. The SMILES string of the molecule is Cc1cnc(C(=O)NC(C(=O)O)c2ccccc2)o1. The van der Waals surface area contributed by atoms with Gasteiger partial charge in [-0.25, -0.2) is 9.78 Å². The number of aromatic nitrogens is 1. The van der Waals surface area contributed by atoms with Gasteiger partial charge >= 0.3 is 11.9 Å². The Hall–Kier alpha value is -2.63. The number of amides is 1. The number of aryl methyl sites for hydroxylation is 1. The normalized spacial score (nSPS) is 11.8. The number of oxazole rings is 1. The van der Waals surface area contributed by atoms with Gasteiger partial charge in [-0.05, 0) is 12.5 Å². The van der Waals surface area contributed by atoms with Crippen molar-refractivity contribution < 1.29 is 19.1 Å². The molecule has 98 valence electrons. The maximum absolute atomic E-state index is 11.8. The summed E-state index contributed by atoms with van der Waals surface area (Å²) in [6.07, 6.45) is 1.40. The predicted molar refractivity (Wildman–Crippen MR) is 65.5 cm³/mol. The zero-order valence-corrected chi connectivity index (χ0v) is 10.2. The van der Waals surface area contributed by atoms with E-state index >= 15 is 0 Å². The molecule has 1 atom stereocenters. The van der Waals surface area contributed by atoms with E-state index in [-0.39, 0.29) is 5.89 Å². The highest BCUT2D eigenvalue weighted by Gasteiger charge is 2.24. The van der Waals surface area contributed by atoms with Crippen molar-refractivity contribution in [1.29, 1.82) is 0 Å². The van der Waals surface area contributed by atoms with Crippen molar-refractivity contribution in [2.45, 2.75) is 13.0 Å². The fourth-order valence-corrected chi connectivity index (χ4v) is 1.59. The Labute approximate surface area is 109 Å². The molecule has 1 aromatic carbocycles. The monoisotopic (exact) mass is 260 g/mol. The molecule has 6 heteroatoms. The Morgan fingerprint density at radius 3 is 2.53 bits per heavy atom. The van der Waals surface area contributed by atoms with Crippen LogP contribution in [0.3, 0.4) is 0 Å². The van der Waals surface area contributed by atoms with Crippen molar-refractivity contribution in [2.75, 3.05) is 0 Å².